The lowest BCUT2D eigenvalue weighted by Gasteiger charge is -2.36. The van der Waals surface area contributed by atoms with Crippen molar-refractivity contribution >= 4 is 54.7 Å². The summed E-state index contributed by atoms with van der Waals surface area (Å²) in [5, 5.41) is 10.4. The van der Waals surface area contributed by atoms with E-state index in [1.165, 1.54) is 24.7 Å². The second kappa shape index (κ2) is 8.36. The van der Waals surface area contributed by atoms with Gasteiger partial charge in [-0.25, -0.2) is 18.7 Å². The molecule has 3 heterocycles. The molecule has 0 bridgehead atoms. The number of nitrogens with zero attached hydrogens (tertiary/aromatic N) is 4. The molecule has 0 amide bonds. The first kappa shape index (κ1) is 22.3. The van der Waals surface area contributed by atoms with E-state index in [0.29, 0.717) is 23.5 Å². The number of hydrogen-bond acceptors (Lipinski definition) is 8. The number of fused-ring (bicyclic) bond motifs is 2. The summed E-state index contributed by atoms with van der Waals surface area (Å²) in [7, 11) is 0. The fraction of sp³-hybridized carbons (Fsp3) is 0.174. The maximum absolute atomic E-state index is 16.0. The third-order valence-electron chi connectivity index (χ3n) is 5.78. The zero-order chi connectivity index (χ0) is 24.1. The van der Waals surface area contributed by atoms with Gasteiger partial charge in [-0.1, -0.05) is 17.7 Å². The largest absolute Gasteiger partial charge is 0.403 e. The van der Waals surface area contributed by atoms with Gasteiger partial charge >= 0.3 is 0 Å². The summed E-state index contributed by atoms with van der Waals surface area (Å²) >= 11 is 7.55. The van der Waals surface area contributed by atoms with Gasteiger partial charge in [-0.05, 0) is 24.6 Å². The standard InChI is InChI=1S/C23H17ClF2N6OS/c1-10-7-33-8-11(5-27)32(10)23-13-4-15(24)18(19(26)20(13)30-9-31-23)12-2-3-16(25)21-17(12)14(6-28)22(29)34-21/h2-5,9-10H,7-8,27,29H2,1H3/b11-5+. The lowest BCUT2D eigenvalue weighted by atomic mass is 9.97. The predicted octanol–water partition coefficient (Wildman–Crippen LogP) is 4.92. The van der Waals surface area contributed by atoms with Crippen LogP contribution in [-0.4, -0.2) is 29.2 Å². The average Bonchev–Trinajstić information content (AvgIpc) is 3.17. The summed E-state index contributed by atoms with van der Waals surface area (Å²) in [5.41, 5.74) is 12.8. The molecule has 1 aliphatic rings. The van der Waals surface area contributed by atoms with Crippen molar-refractivity contribution in [3.05, 3.63) is 58.6 Å². The van der Waals surface area contributed by atoms with Gasteiger partial charge in [-0.15, -0.1) is 11.3 Å². The smallest absolute Gasteiger partial charge is 0.158 e. The van der Waals surface area contributed by atoms with Gasteiger partial charge in [0.05, 0.1) is 40.2 Å². The van der Waals surface area contributed by atoms with Crippen LogP contribution in [0.25, 0.3) is 32.1 Å². The second-order valence-electron chi connectivity index (χ2n) is 7.79. The van der Waals surface area contributed by atoms with Gasteiger partial charge in [0.2, 0.25) is 0 Å². The van der Waals surface area contributed by atoms with E-state index in [0.717, 1.165) is 11.3 Å². The molecule has 2 aromatic carbocycles. The molecule has 0 aliphatic carbocycles. The van der Waals surface area contributed by atoms with E-state index < -0.39 is 11.6 Å². The minimum absolute atomic E-state index is 0.00253. The number of aromatic nitrogens is 2. The molecule has 5 rings (SSSR count). The number of hydrogen-bond donors (Lipinski definition) is 2. The van der Waals surface area contributed by atoms with Crippen LogP contribution < -0.4 is 16.4 Å². The molecule has 1 unspecified atom stereocenters. The average molecular weight is 499 g/mol. The third-order valence-corrected chi connectivity index (χ3v) is 7.10. The molecule has 0 saturated carbocycles. The number of rotatable bonds is 2. The van der Waals surface area contributed by atoms with Crippen molar-refractivity contribution in [2.45, 2.75) is 13.0 Å². The maximum Gasteiger partial charge on any atom is 0.158 e. The fourth-order valence-corrected chi connectivity index (χ4v) is 5.54. The van der Waals surface area contributed by atoms with Crippen LogP contribution in [0.1, 0.15) is 12.5 Å². The lowest BCUT2D eigenvalue weighted by molar-refractivity contribution is 0.119. The number of nitrogen functional groups attached to an aromatic ring is 1. The Morgan fingerprint density at radius 3 is 2.88 bits per heavy atom. The molecular weight excluding hydrogens is 482 g/mol. The predicted molar refractivity (Wildman–Crippen MR) is 129 cm³/mol. The molecule has 1 saturated heterocycles. The third kappa shape index (κ3) is 3.24. The van der Waals surface area contributed by atoms with Crippen LogP contribution in [-0.2, 0) is 4.74 Å². The summed E-state index contributed by atoms with van der Waals surface area (Å²) in [6.45, 7) is 2.65. The van der Waals surface area contributed by atoms with Gasteiger partial charge in [0.1, 0.15) is 34.5 Å². The molecule has 4 aromatic rings. The highest BCUT2D eigenvalue weighted by Crippen LogP contribution is 2.45. The Kier molecular flexibility index (Phi) is 5.48. The van der Waals surface area contributed by atoms with Crippen LogP contribution in [0.5, 0.6) is 0 Å². The molecular formula is C23H17ClF2N6OS. The molecule has 34 heavy (non-hydrogen) atoms. The van der Waals surface area contributed by atoms with E-state index in [2.05, 4.69) is 9.97 Å². The summed E-state index contributed by atoms with van der Waals surface area (Å²) in [5.74, 6) is -0.834. The highest BCUT2D eigenvalue weighted by molar-refractivity contribution is 7.23. The Bertz CT molecular complexity index is 1550. The number of thiophene rings is 1. The molecule has 7 nitrogen and oxygen atoms in total. The van der Waals surface area contributed by atoms with Crippen molar-refractivity contribution in [3.8, 4) is 17.2 Å². The molecule has 1 fully saturated rings. The van der Waals surface area contributed by atoms with E-state index in [4.69, 9.17) is 27.8 Å². The molecule has 1 atom stereocenters. The SMILES string of the molecule is CC1COC/C(=C\N)N1c1ncnc2c(F)c(-c3ccc(F)c4sc(N)c(C#N)c34)c(Cl)cc12. The van der Waals surface area contributed by atoms with Gasteiger partial charge < -0.3 is 21.1 Å². The molecule has 172 valence electrons. The van der Waals surface area contributed by atoms with Crippen molar-refractivity contribution in [2.24, 2.45) is 5.73 Å². The van der Waals surface area contributed by atoms with Crippen molar-refractivity contribution in [1.29, 1.82) is 5.26 Å². The van der Waals surface area contributed by atoms with E-state index in [-0.39, 0.29) is 55.0 Å². The first-order chi connectivity index (χ1) is 16.4. The Balaban J connectivity index is 1.81. The number of anilines is 2. The summed E-state index contributed by atoms with van der Waals surface area (Å²) in [4.78, 5) is 10.4. The number of morpholine rings is 1. The zero-order valence-electron chi connectivity index (χ0n) is 17.8. The minimum atomic E-state index is -0.716. The number of nitriles is 1. The van der Waals surface area contributed by atoms with Crippen LogP contribution in [0.15, 0.2) is 36.4 Å². The van der Waals surface area contributed by atoms with Crippen molar-refractivity contribution in [1.82, 2.24) is 9.97 Å². The molecule has 0 spiro atoms. The highest BCUT2D eigenvalue weighted by Gasteiger charge is 2.29. The van der Waals surface area contributed by atoms with Crippen molar-refractivity contribution in [2.75, 3.05) is 23.8 Å². The number of ether oxygens (including phenoxy) is 1. The monoisotopic (exact) mass is 498 g/mol. The van der Waals surface area contributed by atoms with E-state index in [1.54, 1.807) is 6.07 Å². The van der Waals surface area contributed by atoms with Gasteiger partial charge in [0, 0.05) is 22.5 Å². The molecule has 2 aromatic heterocycles. The molecule has 11 heteroatoms. The van der Waals surface area contributed by atoms with Gasteiger partial charge in [0.25, 0.3) is 0 Å². The Morgan fingerprint density at radius 2 is 2.15 bits per heavy atom. The van der Waals surface area contributed by atoms with Crippen LogP contribution in [0.2, 0.25) is 5.02 Å². The molecule has 1 aliphatic heterocycles. The topological polar surface area (TPSA) is 114 Å². The van der Waals surface area contributed by atoms with Crippen LogP contribution in [0, 0.1) is 23.0 Å². The summed E-state index contributed by atoms with van der Waals surface area (Å²) in [6.07, 6.45) is 2.69. The quantitative estimate of drug-likeness (QED) is 0.403. The van der Waals surface area contributed by atoms with E-state index >= 15 is 4.39 Å². The normalized spacial score (nSPS) is 17.6. The molecule has 4 N–H and O–H groups in total. The number of halogens is 3. The first-order valence-electron chi connectivity index (χ1n) is 10.2. The minimum Gasteiger partial charge on any atom is -0.403 e. The van der Waals surface area contributed by atoms with Gasteiger partial charge in [-0.2, -0.15) is 5.26 Å². The van der Waals surface area contributed by atoms with Crippen LogP contribution in [0.4, 0.5) is 19.6 Å². The van der Waals surface area contributed by atoms with Crippen molar-refractivity contribution in [3.63, 3.8) is 0 Å². The van der Waals surface area contributed by atoms with Gasteiger partial charge in [-0.3, -0.25) is 0 Å². The fourth-order valence-electron chi connectivity index (χ4n) is 4.30. The van der Waals surface area contributed by atoms with Crippen molar-refractivity contribution < 1.29 is 13.5 Å². The Hall–Kier alpha value is -3.52. The first-order valence-corrected chi connectivity index (χ1v) is 11.4. The highest BCUT2D eigenvalue weighted by atomic mass is 35.5. The Labute approximate surface area is 201 Å². The summed E-state index contributed by atoms with van der Waals surface area (Å²) in [6, 6.07) is 6.03. The Morgan fingerprint density at radius 1 is 1.35 bits per heavy atom. The number of nitrogens with two attached hydrogens (primary N) is 2. The van der Waals surface area contributed by atoms with Crippen LogP contribution >= 0.6 is 22.9 Å². The lowest BCUT2D eigenvalue weighted by Crippen LogP contribution is -2.43. The van der Waals surface area contributed by atoms with Gasteiger partial charge in [0.15, 0.2) is 5.82 Å². The zero-order valence-corrected chi connectivity index (χ0v) is 19.3. The van der Waals surface area contributed by atoms with E-state index in [9.17, 15) is 9.65 Å². The van der Waals surface area contributed by atoms with Crippen LogP contribution in [0.3, 0.4) is 0 Å². The second-order valence-corrected chi connectivity index (χ2v) is 9.24. The summed E-state index contributed by atoms with van der Waals surface area (Å²) < 4.78 is 36.3. The van der Waals surface area contributed by atoms with E-state index in [1.807, 2.05) is 17.9 Å². The molecule has 0 radical (unpaired) electrons. The number of benzene rings is 2. The maximum atomic E-state index is 16.0.